The van der Waals surface area contributed by atoms with Crippen LogP contribution in [-0.4, -0.2) is 45.2 Å². The second-order valence-corrected chi connectivity index (χ2v) is 7.70. The van der Waals surface area contributed by atoms with Gasteiger partial charge in [0.1, 0.15) is 5.75 Å². The molecule has 0 saturated carbocycles. The van der Waals surface area contributed by atoms with Gasteiger partial charge in [-0.2, -0.15) is 0 Å². The number of aromatic nitrogens is 1. The number of quaternary nitrogens is 1. The summed E-state index contributed by atoms with van der Waals surface area (Å²) in [5.41, 5.74) is 1.38. The zero-order valence-corrected chi connectivity index (χ0v) is 16.5. The third kappa shape index (κ3) is 4.15. The maximum Gasteiger partial charge on any atom is 0.260 e. The Labute approximate surface area is 161 Å². The molecule has 2 aromatic carbocycles. The normalized spacial score (nSPS) is 11.1. The zero-order chi connectivity index (χ0) is 18.7. The summed E-state index contributed by atoms with van der Waals surface area (Å²) in [6.45, 7) is 1.39. The van der Waals surface area contributed by atoms with Crippen molar-refractivity contribution in [3.8, 4) is 5.75 Å². The molecule has 3 rings (SSSR count). The molecule has 0 spiro atoms. The summed E-state index contributed by atoms with van der Waals surface area (Å²) in [4.78, 5) is 20.8. The van der Waals surface area contributed by atoms with Crippen LogP contribution in [0.2, 0.25) is 5.02 Å². The first-order valence-corrected chi connectivity index (χ1v) is 9.48. The van der Waals surface area contributed by atoms with Crippen molar-refractivity contribution in [2.45, 2.75) is 0 Å². The highest BCUT2D eigenvalue weighted by Gasteiger charge is 2.22. The van der Waals surface area contributed by atoms with Crippen molar-refractivity contribution < 1.29 is 14.4 Å². The lowest BCUT2D eigenvalue weighted by atomic mass is 10.2. The number of carbonyl (C=O) groups excluding carboxylic acids is 1. The fraction of sp³-hybridized carbons (Fsp3) is 0.263. The van der Waals surface area contributed by atoms with Gasteiger partial charge in [-0.3, -0.25) is 9.69 Å². The standard InChI is InChI=1S/C19H20ClN3O2S/c1-22(2)9-10-23(18(24)13-5-4-6-14(20)11-13)19-21-16-12-15(25-3)7-8-17(16)26-19/h4-8,11-12H,9-10H2,1-3H3/p+1. The summed E-state index contributed by atoms with van der Waals surface area (Å²) in [5.74, 6) is 0.652. The van der Waals surface area contributed by atoms with Gasteiger partial charge in [0, 0.05) is 16.7 Å². The van der Waals surface area contributed by atoms with Gasteiger partial charge in [-0.1, -0.05) is 29.0 Å². The number of nitrogens with one attached hydrogen (secondary N) is 1. The molecule has 26 heavy (non-hydrogen) atoms. The Hall–Kier alpha value is -2.15. The number of carbonyl (C=O) groups is 1. The third-order valence-corrected chi connectivity index (χ3v) is 5.26. The molecule has 5 nitrogen and oxygen atoms in total. The van der Waals surface area contributed by atoms with E-state index in [9.17, 15) is 4.79 Å². The first-order chi connectivity index (χ1) is 12.5. The molecule has 0 aliphatic heterocycles. The number of hydrogen-bond acceptors (Lipinski definition) is 4. The van der Waals surface area contributed by atoms with Gasteiger partial charge in [0.25, 0.3) is 5.91 Å². The van der Waals surface area contributed by atoms with Crippen LogP contribution in [0.25, 0.3) is 10.2 Å². The summed E-state index contributed by atoms with van der Waals surface area (Å²) in [5, 5.41) is 1.22. The van der Waals surface area contributed by atoms with E-state index in [2.05, 4.69) is 19.1 Å². The Kier molecular flexibility index (Phi) is 5.76. The smallest absolute Gasteiger partial charge is 0.260 e. The number of thiazole rings is 1. The van der Waals surface area contributed by atoms with E-state index in [0.29, 0.717) is 22.3 Å². The quantitative estimate of drug-likeness (QED) is 0.704. The van der Waals surface area contributed by atoms with E-state index in [1.807, 2.05) is 18.2 Å². The van der Waals surface area contributed by atoms with Crippen LogP contribution in [0.1, 0.15) is 10.4 Å². The van der Waals surface area contributed by atoms with Crippen LogP contribution in [0, 0.1) is 0 Å². The van der Waals surface area contributed by atoms with Crippen molar-refractivity contribution in [2.24, 2.45) is 0 Å². The fourth-order valence-corrected chi connectivity index (χ4v) is 3.69. The number of ether oxygens (including phenoxy) is 1. The molecule has 0 unspecified atom stereocenters. The van der Waals surface area contributed by atoms with Gasteiger partial charge >= 0.3 is 0 Å². The molecule has 1 amide bonds. The molecule has 0 saturated heterocycles. The average molecular weight is 391 g/mol. The second-order valence-electron chi connectivity index (χ2n) is 6.25. The number of amides is 1. The van der Waals surface area contributed by atoms with Gasteiger partial charge in [0.05, 0.1) is 44.5 Å². The Morgan fingerprint density at radius 2 is 2.08 bits per heavy atom. The van der Waals surface area contributed by atoms with Crippen LogP contribution in [0.5, 0.6) is 5.75 Å². The van der Waals surface area contributed by atoms with E-state index in [1.54, 1.807) is 36.3 Å². The predicted molar refractivity (Wildman–Crippen MR) is 107 cm³/mol. The molecule has 0 fully saturated rings. The lowest BCUT2D eigenvalue weighted by molar-refractivity contribution is -0.856. The highest BCUT2D eigenvalue weighted by molar-refractivity contribution is 7.22. The van der Waals surface area contributed by atoms with E-state index >= 15 is 0 Å². The van der Waals surface area contributed by atoms with Crippen LogP contribution in [-0.2, 0) is 0 Å². The molecule has 1 heterocycles. The van der Waals surface area contributed by atoms with Crippen molar-refractivity contribution in [1.29, 1.82) is 0 Å². The van der Waals surface area contributed by atoms with Crippen molar-refractivity contribution in [3.05, 3.63) is 53.1 Å². The molecule has 0 aliphatic rings. The molecule has 136 valence electrons. The Balaban J connectivity index is 1.98. The summed E-state index contributed by atoms with van der Waals surface area (Å²) in [6.07, 6.45) is 0. The molecule has 3 aromatic rings. The summed E-state index contributed by atoms with van der Waals surface area (Å²) < 4.78 is 6.28. The van der Waals surface area contributed by atoms with Crippen LogP contribution < -0.4 is 14.5 Å². The van der Waals surface area contributed by atoms with Gasteiger partial charge in [-0.25, -0.2) is 4.98 Å². The van der Waals surface area contributed by atoms with E-state index in [-0.39, 0.29) is 5.91 Å². The van der Waals surface area contributed by atoms with Crippen LogP contribution in [0.4, 0.5) is 5.13 Å². The average Bonchev–Trinajstić information content (AvgIpc) is 3.04. The van der Waals surface area contributed by atoms with Gasteiger partial charge < -0.3 is 9.64 Å². The topological polar surface area (TPSA) is 46.9 Å². The van der Waals surface area contributed by atoms with Crippen molar-refractivity contribution in [2.75, 3.05) is 39.2 Å². The lowest BCUT2D eigenvalue weighted by Crippen LogP contribution is -3.06. The maximum absolute atomic E-state index is 13.1. The van der Waals surface area contributed by atoms with Gasteiger partial charge in [-0.05, 0) is 30.3 Å². The van der Waals surface area contributed by atoms with Crippen LogP contribution >= 0.6 is 22.9 Å². The molecular weight excluding hydrogens is 370 g/mol. The number of nitrogens with zero attached hydrogens (tertiary/aromatic N) is 2. The van der Waals surface area contributed by atoms with E-state index in [4.69, 9.17) is 16.3 Å². The minimum atomic E-state index is -0.0974. The summed E-state index contributed by atoms with van der Waals surface area (Å²) in [6, 6.07) is 12.8. The van der Waals surface area contributed by atoms with Crippen molar-refractivity contribution in [3.63, 3.8) is 0 Å². The Morgan fingerprint density at radius 1 is 1.27 bits per heavy atom. The minimum Gasteiger partial charge on any atom is -0.497 e. The first kappa shape index (κ1) is 18.6. The van der Waals surface area contributed by atoms with E-state index in [1.165, 1.54) is 16.2 Å². The second kappa shape index (κ2) is 8.03. The monoisotopic (exact) mass is 390 g/mol. The lowest BCUT2D eigenvalue weighted by Gasteiger charge is -2.20. The number of methoxy groups -OCH3 is 1. The molecule has 0 aliphatic carbocycles. The maximum atomic E-state index is 13.1. The molecule has 0 atom stereocenters. The number of halogens is 1. The number of fused-ring (bicyclic) bond motifs is 1. The molecular formula is C19H21ClN3O2S+. The number of rotatable bonds is 6. The Morgan fingerprint density at radius 3 is 2.77 bits per heavy atom. The summed E-state index contributed by atoms with van der Waals surface area (Å²) in [7, 11) is 5.75. The number of likely N-dealkylation sites (N-methyl/N-ethyl adjacent to an activating group) is 1. The third-order valence-electron chi connectivity index (χ3n) is 3.97. The van der Waals surface area contributed by atoms with Crippen molar-refractivity contribution >= 4 is 44.2 Å². The number of anilines is 1. The highest BCUT2D eigenvalue weighted by atomic mass is 35.5. The van der Waals surface area contributed by atoms with Crippen molar-refractivity contribution in [1.82, 2.24) is 4.98 Å². The van der Waals surface area contributed by atoms with Gasteiger partial charge in [0.2, 0.25) is 0 Å². The predicted octanol–water partition coefficient (Wildman–Crippen LogP) is 2.75. The molecule has 0 radical (unpaired) electrons. The molecule has 1 N–H and O–H groups in total. The summed E-state index contributed by atoms with van der Waals surface area (Å²) >= 11 is 7.56. The molecule has 7 heteroatoms. The van der Waals surface area contributed by atoms with E-state index in [0.717, 1.165) is 22.5 Å². The van der Waals surface area contributed by atoms with Gasteiger partial charge in [-0.15, -0.1) is 0 Å². The Bertz CT molecular complexity index is 926. The largest absolute Gasteiger partial charge is 0.497 e. The van der Waals surface area contributed by atoms with Crippen LogP contribution in [0.3, 0.4) is 0 Å². The SMILES string of the molecule is COc1ccc2sc(N(CC[NH+](C)C)C(=O)c3cccc(Cl)c3)nc2c1. The molecule has 0 bridgehead atoms. The van der Waals surface area contributed by atoms with Gasteiger partial charge in [0.15, 0.2) is 5.13 Å². The first-order valence-electron chi connectivity index (χ1n) is 8.29. The zero-order valence-electron chi connectivity index (χ0n) is 15.0. The van der Waals surface area contributed by atoms with E-state index < -0.39 is 0 Å². The minimum absolute atomic E-state index is 0.0974. The number of hydrogen-bond donors (Lipinski definition) is 1. The molecule has 1 aromatic heterocycles. The fourth-order valence-electron chi connectivity index (χ4n) is 2.53. The highest BCUT2D eigenvalue weighted by Crippen LogP contribution is 2.32. The number of benzene rings is 2. The van der Waals surface area contributed by atoms with Crippen LogP contribution in [0.15, 0.2) is 42.5 Å².